The predicted octanol–water partition coefficient (Wildman–Crippen LogP) is 1.46. The summed E-state index contributed by atoms with van der Waals surface area (Å²) in [5.74, 6) is -0.213. The lowest BCUT2D eigenvalue weighted by Crippen LogP contribution is -2.24. The van der Waals surface area contributed by atoms with Gasteiger partial charge in [-0.1, -0.05) is 0 Å². The molecule has 0 bridgehead atoms. The van der Waals surface area contributed by atoms with E-state index in [-0.39, 0.29) is 17.8 Å². The molecule has 1 atom stereocenters. The SMILES string of the molecule is O=C1CC(c2cc3cc(F)ccc3[nH]2)NCCN1. The van der Waals surface area contributed by atoms with Crippen molar-refractivity contribution >= 4 is 16.8 Å². The Balaban J connectivity index is 1.95. The molecule has 3 N–H and O–H groups in total. The Morgan fingerprint density at radius 2 is 2.11 bits per heavy atom. The van der Waals surface area contributed by atoms with Gasteiger partial charge in [-0.25, -0.2) is 4.39 Å². The molecule has 1 fully saturated rings. The number of H-pyrrole nitrogens is 1. The number of hydrogen-bond donors (Lipinski definition) is 3. The fourth-order valence-corrected chi connectivity index (χ4v) is 2.31. The van der Waals surface area contributed by atoms with Gasteiger partial charge in [0.1, 0.15) is 5.82 Å². The van der Waals surface area contributed by atoms with Crippen molar-refractivity contribution in [2.75, 3.05) is 13.1 Å². The van der Waals surface area contributed by atoms with Gasteiger partial charge < -0.3 is 15.6 Å². The second-order valence-electron chi connectivity index (χ2n) is 4.52. The van der Waals surface area contributed by atoms with Crippen LogP contribution in [0.5, 0.6) is 0 Å². The standard InChI is InChI=1S/C13H14FN3O/c14-9-1-2-10-8(5-9)6-12(17-10)11-7-13(18)16-4-3-15-11/h1-2,5-6,11,15,17H,3-4,7H2,(H,16,18). The molecule has 3 rings (SSSR count). The molecule has 2 heterocycles. The third kappa shape index (κ3) is 2.09. The molecule has 18 heavy (non-hydrogen) atoms. The van der Waals surface area contributed by atoms with Crippen LogP contribution in [0, 0.1) is 5.82 Å². The number of fused-ring (bicyclic) bond motifs is 1. The summed E-state index contributed by atoms with van der Waals surface area (Å²) in [5.41, 5.74) is 1.81. The van der Waals surface area contributed by atoms with E-state index in [1.165, 1.54) is 12.1 Å². The van der Waals surface area contributed by atoms with E-state index < -0.39 is 0 Å². The van der Waals surface area contributed by atoms with E-state index in [1.807, 2.05) is 6.07 Å². The van der Waals surface area contributed by atoms with Gasteiger partial charge in [-0.3, -0.25) is 4.79 Å². The van der Waals surface area contributed by atoms with E-state index in [9.17, 15) is 9.18 Å². The normalized spacial score (nSPS) is 20.7. The second-order valence-corrected chi connectivity index (χ2v) is 4.52. The van der Waals surface area contributed by atoms with Crippen molar-refractivity contribution in [1.29, 1.82) is 0 Å². The molecule has 0 aliphatic carbocycles. The number of halogens is 1. The smallest absolute Gasteiger partial charge is 0.222 e. The Bertz CT molecular complexity index is 593. The number of carbonyl (C=O) groups is 1. The second kappa shape index (κ2) is 4.42. The number of aromatic amines is 1. The van der Waals surface area contributed by atoms with E-state index in [2.05, 4.69) is 15.6 Å². The Morgan fingerprint density at radius 1 is 1.22 bits per heavy atom. The first kappa shape index (κ1) is 11.2. The Hall–Kier alpha value is -1.88. The molecule has 94 valence electrons. The number of rotatable bonds is 1. The number of nitrogens with one attached hydrogen (secondary N) is 3. The summed E-state index contributed by atoms with van der Waals surface area (Å²) >= 11 is 0. The summed E-state index contributed by atoms with van der Waals surface area (Å²) < 4.78 is 13.1. The van der Waals surface area contributed by atoms with Crippen molar-refractivity contribution < 1.29 is 9.18 Å². The molecule has 0 spiro atoms. The summed E-state index contributed by atoms with van der Waals surface area (Å²) in [4.78, 5) is 14.7. The maximum atomic E-state index is 13.1. The lowest BCUT2D eigenvalue weighted by molar-refractivity contribution is -0.121. The monoisotopic (exact) mass is 247 g/mol. The number of hydrogen-bond acceptors (Lipinski definition) is 2. The van der Waals surface area contributed by atoms with E-state index >= 15 is 0 Å². The van der Waals surface area contributed by atoms with Gasteiger partial charge in [0.2, 0.25) is 5.91 Å². The number of amides is 1. The minimum Gasteiger partial charge on any atom is -0.357 e. The summed E-state index contributed by atoms with van der Waals surface area (Å²) in [7, 11) is 0. The van der Waals surface area contributed by atoms with Crippen LogP contribution in [0.3, 0.4) is 0 Å². The summed E-state index contributed by atoms with van der Waals surface area (Å²) in [6.45, 7) is 1.38. The molecular weight excluding hydrogens is 233 g/mol. The van der Waals surface area contributed by atoms with Crippen LogP contribution in [-0.2, 0) is 4.79 Å². The van der Waals surface area contributed by atoms with Crippen molar-refractivity contribution in [3.8, 4) is 0 Å². The minimum atomic E-state index is -0.250. The Labute approximate surface area is 104 Å². The number of benzene rings is 1. The largest absolute Gasteiger partial charge is 0.357 e. The van der Waals surface area contributed by atoms with Gasteiger partial charge >= 0.3 is 0 Å². The Morgan fingerprint density at radius 3 is 3.00 bits per heavy atom. The number of aromatic nitrogens is 1. The quantitative estimate of drug-likeness (QED) is 0.714. The zero-order valence-electron chi connectivity index (χ0n) is 9.79. The van der Waals surface area contributed by atoms with Crippen LogP contribution in [0.4, 0.5) is 4.39 Å². The molecule has 0 radical (unpaired) electrons. The van der Waals surface area contributed by atoms with Gasteiger partial charge in [0.05, 0.1) is 6.04 Å². The molecule has 2 aromatic rings. The summed E-state index contributed by atoms with van der Waals surface area (Å²) in [6, 6.07) is 6.49. The van der Waals surface area contributed by atoms with Crippen molar-refractivity contribution in [2.45, 2.75) is 12.5 Å². The molecule has 1 unspecified atom stereocenters. The minimum absolute atomic E-state index is 0.0369. The van der Waals surface area contributed by atoms with Crippen LogP contribution >= 0.6 is 0 Å². The van der Waals surface area contributed by atoms with Crippen molar-refractivity contribution in [2.24, 2.45) is 0 Å². The lowest BCUT2D eigenvalue weighted by Gasteiger charge is -2.12. The highest BCUT2D eigenvalue weighted by molar-refractivity contribution is 5.81. The van der Waals surface area contributed by atoms with Crippen LogP contribution in [0.15, 0.2) is 24.3 Å². The average Bonchev–Trinajstić information content (AvgIpc) is 2.63. The molecule has 5 heteroatoms. The van der Waals surface area contributed by atoms with Crippen molar-refractivity contribution in [1.82, 2.24) is 15.6 Å². The summed E-state index contributed by atoms with van der Waals surface area (Å²) in [5, 5.41) is 6.94. The maximum Gasteiger partial charge on any atom is 0.222 e. The van der Waals surface area contributed by atoms with Gasteiger partial charge in [0.15, 0.2) is 0 Å². The molecule has 1 aromatic heterocycles. The van der Waals surface area contributed by atoms with E-state index in [1.54, 1.807) is 6.07 Å². The molecule has 1 saturated heterocycles. The van der Waals surface area contributed by atoms with Crippen LogP contribution in [0.2, 0.25) is 0 Å². The van der Waals surface area contributed by atoms with Crippen LogP contribution < -0.4 is 10.6 Å². The molecule has 1 amide bonds. The van der Waals surface area contributed by atoms with E-state index in [4.69, 9.17) is 0 Å². The fraction of sp³-hybridized carbons (Fsp3) is 0.308. The molecule has 1 aromatic carbocycles. The van der Waals surface area contributed by atoms with Gasteiger partial charge in [0, 0.05) is 36.1 Å². The number of carbonyl (C=O) groups excluding carboxylic acids is 1. The highest BCUT2D eigenvalue weighted by atomic mass is 19.1. The fourth-order valence-electron chi connectivity index (χ4n) is 2.31. The third-order valence-corrected chi connectivity index (χ3v) is 3.21. The molecule has 4 nitrogen and oxygen atoms in total. The lowest BCUT2D eigenvalue weighted by atomic mass is 10.1. The topological polar surface area (TPSA) is 56.9 Å². The first-order valence-corrected chi connectivity index (χ1v) is 6.00. The molecular formula is C13H14FN3O. The zero-order valence-corrected chi connectivity index (χ0v) is 9.79. The van der Waals surface area contributed by atoms with Gasteiger partial charge in [-0.05, 0) is 24.3 Å². The third-order valence-electron chi connectivity index (χ3n) is 3.21. The zero-order chi connectivity index (χ0) is 12.5. The highest BCUT2D eigenvalue weighted by Gasteiger charge is 2.20. The molecule has 1 aliphatic heterocycles. The van der Waals surface area contributed by atoms with Crippen molar-refractivity contribution in [3.63, 3.8) is 0 Å². The maximum absolute atomic E-state index is 13.1. The van der Waals surface area contributed by atoms with Gasteiger partial charge in [-0.2, -0.15) is 0 Å². The Kier molecular flexibility index (Phi) is 2.76. The summed E-state index contributed by atoms with van der Waals surface area (Å²) in [6.07, 6.45) is 0.398. The van der Waals surface area contributed by atoms with Crippen LogP contribution in [0.1, 0.15) is 18.2 Å². The van der Waals surface area contributed by atoms with Crippen LogP contribution in [0.25, 0.3) is 10.9 Å². The van der Waals surface area contributed by atoms with Crippen molar-refractivity contribution in [3.05, 3.63) is 35.8 Å². The predicted molar refractivity (Wildman–Crippen MR) is 66.6 cm³/mol. The molecule has 1 aliphatic rings. The average molecular weight is 247 g/mol. The van der Waals surface area contributed by atoms with E-state index in [0.717, 1.165) is 23.1 Å². The highest BCUT2D eigenvalue weighted by Crippen LogP contribution is 2.23. The van der Waals surface area contributed by atoms with Crippen LogP contribution in [-0.4, -0.2) is 24.0 Å². The first-order valence-electron chi connectivity index (χ1n) is 6.00. The van der Waals surface area contributed by atoms with Gasteiger partial charge in [-0.15, -0.1) is 0 Å². The van der Waals surface area contributed by atoms with Gasteiger partial charge in [0.25, 0.3) is 0 Å². The molecule has 0 saturated carbocycles. The first-order chi connectivity index (χ1) is 8.72. The van der Waals surface area contributed by atoms with E-state index in [0.29, 0.717) is 13.0 Å².